The molecular formula is C30H43N3O2. The van der Waals surface area contributed by atoms with Crippen molar-refractivity contribution in [2.24, 2.45) is 0 Å². The molecule has 1 unspecified atom stereocenters. The molecule has 0 N–H and O–H groups in total. The summed E-state index contributed by atoms with van der Waals surface area (Å²) in [7, 11) is 0. The number of piperazine rings is 1. The Morgan fingerprint density at radius 3 is 2.43 bits per heavy atom. The van der Waals surface area contributed by atoms with Gasteiger partial charge in [0.1, 0.15) is 5.75 Å². The monoisotopic (exact) mass is 477 g/mol. The zero-order valence-electron chi connectivity index (χ0n) is 22.1. The van der Waals surface area contributed by atoms with Crippen LogP contribution in [0.2, 0.25) is 0 Å². The fourth-order valence-corrected chi connectivity index (χ4v) is 5.40. The molecular weight excluding hydrogens is 434 g/mol. The van der Waals surface area contributed by atoms with Crippen LogP contribution in [0.15, 0.2) is 42.5 Å². The zero-order valence-corrected chi connectivity index (χ0v) is 22.1. The van der Waals surface area contributed by atoms with Crippen molar-refractivity contribution in [2.75, 3.05) is 50.8 Å². The highest BCUT2D eigenvalue weighted by Gasteiger charge is 2.25. The van der Waals surface area contributed by atoms with Gasteiger partial charge in [-0.3, -0.25) is 4.79 Å². The molecule has 0 bridgehead atoms. The topological polar surface area (TPSA) is 36.0 Å². The highest BCUT2D eigenvalue weighted by Crippen LogP contribution is 2.25. The molecule has 2 heterocycles. The second-order valence-corrected chi connectivity index (χ2v) is 10.6. The number of piperidine rings is 1. The predicted octanol–water partition coefficient (Wildman–Crippen LogP) is 5.72. The van der Waals surface area contributed by atoms with Gasteiger partial charge in [-0.05, 0) is 81.5 Å². The molecule has 0 aromatic heterocycles. The first kappa shape index (κ1) is 25.6. The van der Waals surface area contributed by atoms with Gasteiger partial charge >= 0.3 is 0 Å². The molecule has 1 atom stereocenters. The largest absolute Gasteiger partial charge is 0.494 e. The summed E-state index contributed by atoms with van der Waals surface area (Å²) in [5.74, 6) is 1.44. The summed E-state index contributed by atoms with van der Waals surface area (Å²) >= 11 is 0. The molecule has 4 rings (SSSR count). The number of benzene rings is 2. The Bertz CT molecular complexity index is 964. The number of carbonyl (C=O) groups excluding carboxylic acids is 1. The maximum absolute atomic E-state index is 13.3. The first-order valence-corrected chi connectivity index (χ1v) is 13.5. The van der Waals surface area contributed by atoms with Crippen molar-refractivity contribution in [1.29, 1.82) is 0 Å². The van der Waals surface area contributed by atoms with Crippen molar-refractivity contribution in [3.8, 4) is 5.75 Å². The Labute approximate surface area is 212 Å². The second kappa shape index (κ2) is 11.9. The third kappa shape index (κ3) is 6.58. The van der Waals surface area contributed by atoms with Gasteiger partial charge in [0.2, 0.25) is 0 Å². The van der Waals surface area contributed by atoms with E-state index in [2.05, 4.69) is 80.0 Å². The molecule has 0 saturated carbocycles. The number of hydrogen-bond acceptors (Lipinski definition) is 4. The van der Waals surface area contributed by atoms with Crippen LogP contribution in [0.3, 0.4) is 0 Å². The summed E-state index contributed by atoms with van der Waals surface area (Å²) < 4.78 is 6.01. The lowest BCUT2D eigenvalue weighted by Gasteiger charge is -2.36. The SMILES string of the molecule is Cc1ccc(C(C)C)c(C(=O)N2CCN(c3ccc(OCCCN4CCCCC4C)cc3)CC2)c1. The lowest BCUT2D eigenvalue weighted by molar-refractivity contribution is 0.0745. The van der Waals surface area contributed by atoms with E-state index >= 15 is 0 Å². The molecule has 2 fully saturated rings. The van der Waals surface area contributed by atoms with Gasteiger partial charge in [0.15, 0.2) is 0 Å². The number of ether oxygens (including phenoxy) is 1. The van der Waals surface area contributed by atoms with Crippen LogP contribution in [-0.4, -0.2) is 67.6 Å². The second-order valence-electron chi connectivity index (χ2n) is 10.6. The molecule has 0 aliphatic carbocycles. The quantitative estimate of drug-likeness (QED) is 0.455. The first-order chi connectivity index (χ1) is 16.9. The summed E-state index contributed by atoms with van der Waals surface area (Å²) in [5, 5.41) is 0. The van der Waals surface area contributed by atoms with Gasteiger partial charge in [-0.1, -0.05) is 38.0 Å². The van der Waals surface area contributed by atoms with Gasteiger partial charge in [-0.25, -0.2) is 0 Å². The number of anilines is 1. The van der Waals surface area contributed by atoms with E-state index in [1.54, 1.807) is 0 Å². The minimum atomic E-state index is 0.166. The number of rotatable bonds is 8. The Balaban J connectivity index is 1.24. The number of nitrogens with zero attached hydrogens (tertiary/aromatic N) is 3. The first-order valence-electron chi connectivity index (χ1n) is 13.5. The Morgan fingerprint density at radius 2 is 1.74 bits per heavy atom. The lowest BCUT2D eigenvalue weighted by Crippen LogP contribution is -2.49. The van der Waals surface area contributed by atoms with Crippen LogP contribution < -0.4 is 9.64 Å². The van der Waals surface area contributed by atoms with E-state index in [-0.39, 0.29) is 5.91 Å². The van der Waals surface area contributed by atoms with E-state index in [0.29, 0.717) is 12.0 Å². The number of carbonyl (C=O) groups is 1. The standard InChI is InChI=1S/C30H43N3O2/c1-23(2)28-14-9-24(3)22-29(28)30(34)33-19-17-32(18-20-33)26-10-12-27(13-11-26)35-21-7-16-31-15-6-5-8-25(31)4/h9-14,22-23,25H,5-8,15-21H2,1-4H3. The summed E-state index contributed by atoms with van der Waals surface area (Å²) in [6, 6.07) is 15.4. The normalized spacial score (nSPS) is 19.3. The highest BCUT2D eigenvalue weighted by molar-refractivity contribution is 5.96. The number of hydrogen-bond donors (Lipinski definition) is 0. The number of likely N-dealkylation sites (tertiary alicyclic amines) is 1. The van der Waals surface area contributed by atoms with E-state index in [4.69, 9.17) is 4.74 Å². The van der Waals surface area contributed by atoms with Crippen LogP contribution in [-0.2, 0) is 0 Å². The molecule has 2 aromatic rings. The van der Waals surface area contributed by atoms with Crippen molar-refractivity contribution in [1.82, 2.24) is 9.80 Å². The van der Waals surface area contributed by atoms with E-state index in [1.807, 2.05) is 4.90 Å². The van der Waals surface area contributed by atoms with E-state index in [1.165, 1.54) is 31.5 Å². The molecule has 2 aliphatic rings. The van der Waals surface area contributed by atoms with Crippen LogP contribution in [0.5, 0.6) is 5.75 Å². The molecule has 5 heteroatoms. The van der Waals surface area contributed by atoms with Crippen molar-refractivity contribution in [3.63, 3.8) is 0 Å². The molecule has 2 aromatic carbocycles. The van der Waals surface area contributed by atoms with Gasteiger partial charge < -0.3 is 19.4 Å². The lowest BCUT2D eigenvalue weighted by atomic mass is 9.94. The summed E-state index contributed by atoms with van der Waals surface area (Å²) in [4.78, 5) is 20.3. The molecule has 190 valence electrons. The van der Waals surface area contributed by atoms with Gasteiger partial charge in [-0.15, -0.1) is 0 Å². The summed E-state index contributed by atoms with van der Waals surface area (Å²) in [6.07, 6.45) is 5.11. The Hall–Kier alpha value is -2.53. The van der Waals surface area contributed by atoms with Gasteiger partial charge in [0, 0.05) is 50.0 Å². The summed E-state index contributed by atoms with van der Waals surface area (Å²) in [5.41, 5.74) is 4.35. The molecule has 2 aliphatic heterocycles. The maximum atomic E-state index is 13.3. The molecule has 2 saturated heterocycles. The smallest absolute Gasteiger partial charge is 0.254 e. The van der Waals surface area contributed by atoms with Gasteiger partial charge in [-0.2, -0.15) is 0 Å². The van der Waals surface area contributed by atoms with Gasteiger partial charge in [0.25, 0.3) is 5.91 Å². The molecule has 5 nitrogen and oxygen atoms in total. The third-order valence-electron chi connectivity index (χ3n) is 7.63. The van der Waals surface area contributed by atoms with Crippen LogP contribution in [0.4, 0.5) is 5.69 Å². The Morgan fingerprint density at radius 1 is 1.00 bits per heavy atom. The van der Waals surface area contributed by atoms with Crippen LogP contribution in [0.25, 0.3) is 0 Å². The highest BCUT2D eigenvalue weighted by atomic mass is 16.5. The molecule has 0 radical (unpaired) electrons. The minimum absolute atomic E-state index is 0.166. The van der Waals surface area contributed by atoms with Crippen LogP contribution >= 0.6 is 0 Å². The van der Waals surface area contributed by atoms with E-state index < -0.39 is 0 Å². The van der Waals surface area contributed by atoms with Crippen molar-refractivity contribution < 1.29 is 9.53 Å². The fraction of sp³-hybridized carbons (Fsp3) is 0.567. The zero-order chi connectivity index (χ0) is 24.8. The van der Waals surface area contributed by atoms with Crippen molar-refractivity contribution in [2.45, 2.75) is 65.3 Å². The van der Waals surface area contributed by atoms with Gasteiger partial charge in [0.05, 0.1) is 6.61 Å². The number of aryl methyl sites for hydroxylation is 1. The van der Waals surface area contributed by atoms with Crippen LogP contribution in [0, 0.1) is 6.92 Å². The van der Waals surface area contributed by atoms with E-state index in [9.17, 15) is 4.79 Å². The summed E-state index contributed by atoms with van der Waals surface area (Å²) in [6.45, 7) is 15.0. The molecule has 35 heavy (non-hydrogen) atoms. The fourth-order valence-electron chi connectivity index (χ4n) is 5.40. The molecule has 0 spiro atoms. The molecule has 1 amide bonds. The third-order valence-corrected chi connectivity index (χ3v) is 7.63. The average molecular weight is 478 g/mol. The average Bonchev–Trinajstić information content (AvgIpc) is 2.87. The van der Waals surface area contributed by atoms with E-state index in [0.717, 1.165) is 68.2 Å². The maximum Gasteiger partial charge on any atom is 0.254 e. The van der Waals surface area contributed by atoms with Crippen LogP contribution in [0.1, 0.15) is 73.9 Å². The predicted molar refractivity (Wildman–Crippen MR) is 145 cm³/mol. The number of amides is 1. The van der Waals surface area contributed by atoms with Crippen molar-refractivity contribution >= 4 is 11.6 Å². The van der Waals surface area contributed by atoms with Crippen molar-refractivity contribution in [3.05, 3.63) is 59.2 Å². The minimum Gasteiger partial charge on any atom is -0.494 e. The Kier molecular flexibility index (Phi) is 8.72.